The van der Waals surface area contributed by atoms with Gasteiger partial charge < -0.3 is 9.80 Å². The molecule has 0 fully saturated rings. The normalized spacial score (nSPS) is 11.1. The van der Waals surface area contributed by atoms with Crippen LogP contribution in [-0.4, -0.2) is 34.7 Å². The van der Waals surface area contributed by atoms with Crippen LogP contribution in [0, 0.1) is 18.7 Å². The van der Waals surface area contributed by atoms with Gasteiger partial charge in [0.1, 0.15) is 12.4 Å². The molecule has 1 aromatic heterocycles. The number of rotatable bonds is 13. The molecule has 0 aliphatic carbocycles. The van der Waals surface area contributed by atoms with Crippen LogP contribution < -0.4 is 0 Å². The van der Waals surface area contributed by atoms with Crippen molar-refractivity contribution >= 4 is 23.2 Å². The van der Waals surface area contributed by atoms with Gasteiger partial charge in [0, 0.05) is 23.5 Å². The van der Waals surface area contributed by atoms with Crippen LogP contribution in [0.25, 0.3) is 0 Å². The van der Waals surface area contributed by atoms with Gasteiger partial charge in [-0.25, -0.2) is 4.39 Å². The van der Waals surface area contributed by atoms with Gasteiger partial charge in [-0.2, -0.15) is 0 Å². The first kappa shape index (κ1) is 28.6. The topological polar surface area (TPSA) is 40.6 Å². The van der Waals surface area contributed by atoms with Gasteiger partial charge in [0.2, 0.25) is 5.91 Å². The standard InChI is InChI=1S/C31H39FN2O2S/c1-5-6-7-8-25-9-13-27(14-10-25)31(36)34(19-23(2)3)22-30(35)33(21-29-24(4)17-18-37-29)20-26-11-15-28(32)16-12-26/h9-18,23H,5-8,19-22H2,1-4H3. The van der Waals surface area contributed by atoms with Crippen LogP contribution in [-0.2, 0) is 24.3 Å². The van der Waals surface area contributed by atoms with Crippen molar-refractivity contribution in [3.63, 3.8) is 0 Å². The second-order valence-electron chi connectivity index (χ2n) is 10.1. The van der Waals surface area contributed by atoms with E-state index in [2.05, 4.69) is 6.92 Å². The second-order valence-corrected chi connectivity index (χ2v) is 11.1. The Labute approximate surface area is 225 Å². The van der Waals surface area contributed by atoms with Gasteiger partial charge in [0.05, 0.1) is 6.54 Å². The zero-order chi connectivity index (χ0) is 26.8. The molecule has 0 saturated carbocycles. The Morgan fingerprint density at radius 3 is 2.16 bits per heavy atom. The number of hydrogen-bond donors (Lipinski definition) is 0. The van der Waals surface area contributed by atoms with E-state index in [0.29, 0.717) is 25.2 Å². The van der Waals surface area contributed by atoms with Gasteiger partial charge in [0.15, 0.2) is 0 Å². The van der Waals surface area contributed by atoms with Gasteiger partial charge in [-0.05, 0) is 78.1 Å². The molecule has 0 atom stereocenters. The number of nitrogens with zero attached hydrogens (tertiary/aromatic N) is 2. The summed E-state index contributed by atoms with van der Waals surface area (Å²) in [5.41, 5.74) is 3.82. The van der Waals surface area contributed by atoms with Gasteiger partial charge >= 0.3 is 0 Å². The first-order valence-corrected chi connectivity index (χ1v) is 14.1. The molecule has 0 bridgehead atoms. The Morgan fingerprint density at radius 1 is 0.892 bits per heavy atom. The van der Waals surface area contributed by atoms with Gasteiger partial charge in [-0.3, -0.25) is 9.59 Å². The molecule has 3 aromatic rings. The average molecular weight is 523 g/mol. The van der Waals surface area contributed by atoms with Crippen molar-refractivity contribution in [3.05, 3.63) is 92.9 Å². The van der Waals surface area contributed by atoms with Crippen LogP contribution in [0.15, 0.2) is 60.0 Å². The zero-order valence-electron chi connectivity index (χ0n) is 22.5. The molecule has 3 rings (SSSR count). The molecule has 0 N–H and O–H groups in total. The maximum atomic E-state index is 13.6. The van der Waals surface area contributed by atoms with Crippen molar-refractivity contribution in [2.45, 2.75) is 66.5 Å². The van der Waals surface area contributed by atoms with Crippen molar-refractivity contribution in [1.82, 2.24) is 9.80 Å². The van der Waals surface area contributed by atoms with Crippen LogP contribution in [0.2, 0.25) is 0 Å². The molecule has 0 spiro atoms. The van der Waals surface area contributed by atoms with E-state index in [-0.39, 0.29) is 30.1 Å². The van der Waals surface area contributed by atoms with Crippen LogP contribution in [0.4, 0.5) is 4.39 Å². The monoisotopic (exact) mass is 522 g/mol. The number of amides is 2. The van der Waals surface area contributed by atoms with E-state index in [1.165, 1.54) is 30.5 Å². The first-order chi connectivity index (χ1) is 17.8. The lowest BCUT2D eigenvalue weighted by Gasteiger charge is -2.29. The fourth-order valence-corrected chi connectivity index (χ4v) is 5.20. The number of halogens is 1. The van der Waals surface area contributed by atoms with E-state index in [9.17, 15) is 14.0 Å². The minimum absolute atomic E-state index is 0.000875. The molecular weight excluding hydrogens is 483 g/mol. The summed E-state index contributed by atoms with van der Waals surface area (Å²) in [6.07, 6.45) is 4.53. The quantitative estimate of drug-likeness (QED) is 0.222. The summed E-state index contributed by atoms with van der Waals surface area (Å²) < 4.78 is 13.5. The Hall–Kier alpha value is -2.99. The summed E-state index contributed by atoms with van der Waals surface area (Å²) in [4.78, 5) is 31.7. The maximum Gasteiger partial charge on any atom is 0.254 e. The molecule has 0 unspecified atom stereocenters. The Balaban J connectivity index is 1.77. The molecule has 0 saturated heterocycles. The molecule has 4 nitrogen and oxygen atoms in total. The van der Waals surface area contributed by atoms with Crippen molar-refractivity contribution in [1.29, 1.82) is 0 Å². The van der Waals surface area contributed by atoms with Crippen molar-refractivity contribution in [2.24, 2.45) is 5.92 Å². The summed E-state index contributed by atoms with van der Waals surface area (Å²) in [7, 11) is 0. The lowest BCUT2D eigenvalue weighted by Crippen LogP contribution is -2.43. The molecule has 0 radical (unpaired) electrons. The third-order valence-electron chi connectivity index (χ3n) is 6.41. The molecule has 2 aromatic carbocycles. The van der Waals surface area contributed by atoms with Crippen LogP contribution in [0.1, 0.15) is 72.0 Å². The van der Waals surface area contributed by atoms with E-state index in [1.807, 2.05) is 56.5 Å². The van der Waals surface area contributed by atoms with Crippen molar-refractivity contribution in [2.75, 3.05) is 13.1 Å². The number of carbonyl (C=O) groups excluding carboxylic acids is 2. The second kappa shape index (κ2) is 14.1. The Kier molecular flexibility index (Phi) is 10.9. The van der Waals surface area contributed by atoms with E-state index in [0.717, 1.165) is 28.8 Å². The summed E-state index contributed by atoms with van der Waals surface area (Å²) in [6.45, 7) is 9.62. The number of unbranched alkanes of at least 4 members (excludes halogenated alkanes) is 2. The third-order valence-corrected chi connectivity index (χ3v) is 7.42. The summed E-state index contributed by atoms with van der Waals surface area (Å²) in [6, 6.07) is 16.1. The maximum absolute atomic E-state index is 13.6. The lowest BCUT2D eigenvalue weighted by atomic mass is 10.0. The highest BCUT2D eigenvalue weighted by Gasteiger charge is 2.24. The average Bonchev–Trinajstić information content (AvgIpc) is 3.28. The highest BCUT2D eigenvalue weighted by Crippen LogP contribution is 2.20. The largest absolute Gasteiger partial charge is 0.332 e. The number of hydrogen-bond acceptors (Lipinski definition) is 3. The SMILES string of the molecule is CCCCCc1ccc(C(=O)N(CC(=O)N(Cc2ccc(F)cc2)Cc2sccc2C)CC(C)C)cc1. The van der Waals surface area contributed by atoms with Gasteiger partial charge in [0.25, 0.3) is 5.91 Å². The number of benzene rings is 2. The highest BCUT2D eigenvalue weighted by molar-refractivity contribution is 7.10. The highest BCUT2D eigenvalue weighted by atomic mass is 32.1. The fourth-order valence-electron chi connectivity index (χ4n) is 4.28. The van der Waals surface area contributed by atoms with Crippen LogP contribution in [0.5, 0.6) is 0 Å². The number of thiophene rings is 1. The molecule has 1 heterocycles. The smallest absolute Gasteiger partial charge is 0.254 e. The number of carbonyl (C=O) groups is 2. The molecule has 6 heteroatoms. The predicted octanol–water partition coefficient (Wildman–Crippen LogP) is 7.26. The fraction of sp³-hybridized carbons (Fsp3) is 0.419. The van der Waals surface area contributed by atoms with Gasteiger partial charge in [-0.15, -0.1) is 11.3 Å². The minimum atomic E-state index is -0.305. The number of aryl methyl sites for hydroxylation is 2. The Bertz CT molecular complexity index is 1140. The summed E-state index contributed by atoms with van der Waals surface area (Å²) >= 11 is 1.61. The van der Waals surface area contributed by atoms with Gasteiger partial charge in [-0.1, -0.05) is 57.9 Å². The van der Waals surface area contributed by atoms with Crippen molar-refractivity contribution in [3.8, 4) is 0 Å². The molecule has 2 amide bonds. The van der Waals surface area contributed by atoms with Crippen LogP contribution >= 0.6 is 11.3 Å². The minimum Gasteiger partial charge on any atom is -0.332 e. The Morgan fingerprint density at radius 2 is 1.57 bits per heavy atom. The van der Waals surface area contributed by atoms with Crippen LogP contribution in [0.3, 0.4) is 0 Å². The van der Waals surface area contributed by atoms with E-state index < -0.39 is 0 Å². The van der Waals surface area contributed by atoms with Crippen molar-refractivity contribution < 1.29 is 14.0 Å². The van der Waals surface area contributed by atoms with E-state index in [4.69, 9.17) is 0 Å². The summed E-state index contributed by atoms with van der Waals surface area (Å²) in [5, 5.41) is 2.02. The predicted molar refractivity (Wildman–Crippen MR) is 150 cm³/mol. The summed E-state index contributed by atoms with van der Waals surface area (Å²) in [5.74, 6) is -0.338. The van der Waals surface area contributed by atoms with E-state index in [1.54, 1.807) is 33.3 Å². The molecule has 0 aliphatic heterocycles. The third kappa shape index (κ3) is 8.81. The molecule has 198 valence electrons. The molecular formula is C31H39FN2O2S. The zero-order valence-corrected chi connectivity index (χ0v) is 23.3. The molecule has 0 aliphatic rings. The lowest BCUT2D eigenvalue weighted by molar-refractivity contribution is -0.133. The van der Waals surface area contributed by atoms with E-state index >= 15 is 0 Å². The first-order valence-electron chi connectivity index (χ1n) is 13.2. The molecule has 37 heavy (non-hydrogen) atoms.